The molecule has 8 heteroatoms. The fraction of sp³-hybridized carbons (Fsp3) is 0.167. The van der Waals surface area contributed by atoms with Crippen molar-refractivity contribution in [2.45, 2.75) is 17.3 Å². The van der Waals surface area contributed by atoms with Crippen molar-refractivity contribution in [2.75, 3.05) is 0 Å². The molecule has 0 bridgehead atoms. The van der Waals surface area contributed by atoms with Crippen molar-refractivity contribution in [2.24, 2.45) is 7.05 Å². The zero-order valence-corrected chi connectivity index (χ0v) is 14.8. The average molecular weight is 372 g/mol. The van der Waals surface area contributed by atoms with Crippen molar-refractivity contribution >= 4 is 28.4 Å². The molecular formula is C18H14F2N4OS. The highest BCUT2D eigenvalue weighted by Gasteiger charge is 2.18. The first-order valence-electron chi connectivity index (χ1n) is 7.92. The summed E-state index contributed by atoms with van der Waals surface area (Å²) in [5.41, 5.74) is 1.20. The topological polar surface area (TPSA) is 52.2 Å². The highest BCUT2D eigenvalue weighted by Crippen LogP contribution is 2.35. The summed E-state index contributed by atoms with van der Waals surface area (Å²) in [7, 11) is 1.64. The van der Waals surface area contributed by atoms with E-state index in [2.05, 4.69) is 10.2 Å². The minimum Gasteiger partial charge on any atom is -0.279 e. The van der Waals surface area contributed by atoms with Gasteiger partial charge >= 0.3 is 0 Å². The molecule has 0 amide bonds. The number of nitrogens with zero attached hydrogens (tertiary/aromatic N) is 4. The Hall–Kier alpha value is -2.74. The zero-order valence-electron chi connectivity index (χ0n) is 14.0. The Morgan fingerprint density at radius 2 is 1.85 bits per heavy atom. The summed E-state index contributed by atoms with van der Waals surface area (Å²) in [4.78, 5) is 12.5. The smallest absolute Gasteiger partial charge is 0.262 e. The predicted octanol–water partition coefficient (Wildman–Crippen LogP) is 3.71. The Bertz CT molecular complexity index is 1200. The number of hydrogen-bond donors (Lipinski definition) is 0. The van der Waals surface area contributed by atoms with Gasteiger partial charge in [-0.3, -0.25) is 13.8 Å². The van der Waals surface area contributed by atoms with Crippen LogP contribution in [0.25, 0.3) is 16.7 Å². The van der Waals surface area contributed by atoms with Gasteiger partial charge < -0.3 is 0 Å². The van der Waals surface area contributed by atoms with Gasteiger partial charge in [0.2, 0.25) is 5.78 Å². The van der Waals surface area contributed by atoms with E-state index in [1.807, 2.05) is 19.1 Å². The van der Waals surface area contributed by atoms with E-state index in [4.69, 9.17) is 0 Å². The third-order valence-electron chi connectivity index (χ3n) is 4.29. The number of benzene rings is 2. The SMILES string of the molecule is CC(Sc1nnc2n(C)c(=O)c3ccccc3n12)c1ccc(F)c(F)c1. The molecule has 4 rings (SSSR count). The van der Waals surface area contributed by atoms with Gasteiger partial charge in [-0.25, -0.2) is 8.78 Å². The van der Waals surface area contributed by atoms with E-state index in [-0.39, 0.29) is 10.8 Å². The summed E-state index contributed by atoms with van der Waals surface area (Å²) >= 11 is 1.36. The van der Waals surface area contributed by atoms with E-state index in [1.54, 1.807) is 29.6 Å². The molecule has 1 atom stereocenters. The second-order valence-corrected chi connectivity index (χ2v) is 7.24. The van der Waals surface area contributed by atoms with Crippen LogP contribution in [0.3, 0.4) is 0 Å². The van der Waals surface area contributed by atoms with Gasteiger partial charge in [0, 0.05) is 12.3 Å². The molecule has 5 nitrogen and oxygen atoms in total. The highest BCUT2D eigenvalue weighted by molar-refractivity contribution is 7.99. The van der Waals surface area contributed by atoms with E-state index in [1.165, 1.54) is 22.4 Å². The molecule has 0 aliphatic heterocycles. The highest BCUT2D eigenvalue weighted by atomic mass is 32.2. The molecule has 0 spiro atoms. The summed E-state index contributed by atoms with van der Waals surface area (Å²) in [6.45, 7) is 1.88. The lowest BCUT2D eigenvalue weighted by atomic mass is 10.1. The average Bonchev–Trinajstić information content (AvgIpc) is 3.06. The van der Waals surface area contributed by atoms with Gasteiger partial charge in [-0.2, -0.15) is 0 Å². The van der Waals surface area contributed by atoms with Gasteiger partial charge in [0.25, 0.3) is 5.56 Å². The van der Waals surface area contributed by atoms with Crippen LogP contribution in [-0.4, -0.2) is 19.2 Å². The molecular weight excluding hydrogens is 358 g/mol. The molecule has 26 heavy (non-hydrogen) atoms. The van der Waals surface area contributed by atoms with Crippen LogP contribution in [0.4, 0.5) is 8.78 Å². The van der Waals surface area contributed by atoms with E-state index in [0.29, 0.717) is 27.4 Å². The first-order chi connectivity index (χ1) is 12.5. The molecule has 2 heterocycles. The molecule has 0 aliphatic rings. The van der Waals surface area contributed by atoms with Gasteiger partial charge in [-0.1, -0.05) is 30.0 Å². The fourth-order valence-electron chi connectivity index (χ4n) is 2.88. The number of rotatable bonds is 3. The number of aromatic nitrogens is 4. The van der Waals surface area contributed by atoms with Crippen LogP contribution in [0, 0.1) is 11.6 Å². The summed E-state index contributed by atoms with van der Waals surface area (Å²) in [5, 5.41) is 9.28. The van der Waals surface area contributed by atoms with E-state index in [9.17, 15) is 13.6 Å². The van der Waals surface area contributed by atoms with Gasteiger partial charge in [0.1, 0.15) is 0 Å². The van der Waals surface area contributed by atoms with Crippen LogP contribution >= 0.6 is 11.8 Å². The van der Waals surface area contributed by atoms with Crippen LogP contribution in [0.1, 0.15) is 17.7 Å². The Labute approximate surface area is 151 Å². The predicted molar refractivity (Wildman–Crippen MR) is 96.4 cm³/mol. The van der Waals surface area contributed by atoms with E-state index >= 15 is 0 Å². The molecule has 0 saturated carbocycles. The lowest BCUT2D eigenvalue weighted by Crippen LogP contribution is -2.20. The van der Waals surface area contributed by atoms with Gasteiger partial charge in [-0.05, 0) is 36.8 Å². The maximum atomic E-state index is 13.5. The van der Waals surface area contributed by atoms with Crippen molar-refractivity contribution < 1.29 is 8.78 Å². The molecule has 0 aliphatic carbocycles. The Morgan fingerprint density at radius 1 is 1.08 bits per heavy atom. The number of fused-ring (bicyclic) bond motifs is 3. The quantitative estimate of drug-likeness (QED) is 0.515. The van der Waals surface area contributed by atoms with Crippen LogP contribution in [-0.2, 0) is 7.05 Å². The lowest BCUT2D eigenvalue weighted by molar-refractivity contribution is 0.507. The number of aryl methyl sites for hydroxylation is 1. The van der Waals surface area contributed by atoms with Crippen molar-refractivity contribution in [1.82, 2.24) is 19.2 Å². The third-order valence-corrected chi connectivity index (χ3v) is 5.39. The maximum absolute atomic E-state index is 13.5. The minimum absolute atomic E-state index is 0.147. The van der Waals surface area contributed by atoms with E-state index in [0.717, 1.165) is 6.07 Å². The normalized spacial score (nSPS) is 12.8. The molecule has 0 N–H and O–H groups in total. The molecule has 2 aromatic carbocycles. The second kappa shape index (κ2) is 6.21. The number of thioether (sulfide) groups is 1. The Balaban J connectivity index is 1.85. The molecule has 4 aromatic rings. The first kappa shape index (κ1) is 16.7. The Kier molecular flexibility index (Phi) is 3.99. The number of para-hydroxylation sites is 1. The standard InChI is InChI=1S/C18H14F2N4OS/c1-10(11-7-8-13(19)14(20)9-11)26-18-22-21-17-23(2)16(25)12-5-3-4-6-15(12)24(17)18/h3-10H,1-2H3. The third kappa shape index (κ3) is 2.57. The monoisotopic (exact) mass is 372 g/mol. The van der Waals surface area contributed by atoms with Gasteiger partial charge in [0.15, 0.2) is 16.8 Å². The van der Waals surface area contributed by atoms with Crippen molar-refractivity contribution in [3.05, 3.63) is 70.0 Å². The van der Waals surface area contributed by atoms with Crippen molar-refractivity contribution in [3.63, 3.8) is 0 Å². The summed E-state index contributed by atoms with van der Waals surface area (Å²) in [6, 6.07) is 11.1. The number of hydrogen-bond acceptors (Lipinski definition) is 4. The lowest BCUT2D eigenvalue weighted by Gasteiger charge is -2.12. The molecule has 0 radical (unpaired) electrons. The van der Waals surface area contributed by atoms with E-state index < -0.39 is 11.6 Å². The van der Waals surface area contributed by atoms with Crippen LogP contribution in [0.5, 0.6) is 0 Å². The molecule has 1 unspecified atom stereocenters. The van der Waals surface area contributed by atoms with Crippen LogP contribution in [0.2, 0.25) is 0 Å². The van der Waals surface area contributed by atoms with Crippen LogP contribution in [0.15, 0.2) is 52.4 Å². The fourth-order valence-corrected chi connectivity index (χ4v) is 3.85. The van der Waals surface area contributed by atoms with Gasteiger partial charge in [-0.15, -0.1) is 10.2 Å². The molecule has 0 fully saturated rings. The number of halogens is 2. The van der Waals surface area contributed by atoms with Crippen molar-refractivity contribution in [3.8, 4) is 0 Å². The minimum atomic E-state index is -0.881. The second-order valence-electron chi connectivity index (χ2n) is 5.93. The van der Waals surface area contributed by atoms with Crippen molar-refractivity contribution in [1.29, 1.82) is 0 Å². The van der Waals surface area contributed by atoms with Crippen LogP contribution < -0.4 is 5.56 Å². The summed E-state index contributed by atoms with van der Waals surface area (Å²) in [6.07, 6.45) is 0. The molecule has 0 saturated heterocycles. The summed E-state index contributed by atoms with van der Waals surface area (Å²) < 4.78 is 29.9. The maximum Gasteiger partial charge on any atom is 0.262 e. The molecule has 132 valence electrons. The molecule has 2 aromatic heterocycles. The van der Waals surface area contributed by atoms with Gasteiger partial charge in [0.05, 0.1) is 10.9 Å². The Morgan fingerprint density at radius 3 is 2.62 bits per heavy atom. The largest absolute Gasteiger partial charge is 0.279 e. The zero-order chi connectivity index (χ0) is 18.4. The summed E-state index contributed by atoms with van der Waals surface area (Å²) in [5.74, 6) is -1.33. The first-order valence-corrected chi connectivity index (χ1v) is 8.80.